The Morgan fingerprint density at radius 1 is 0.438 bits per heavy atom. The molecule has 0 heterocycles. The zero-order chi connectivity index (χ0) is 46.5. The summed E-state index contributed by atoms with van der Waals surface area (Å²) in [4.78, 5) is 24.5. The predicted octanol–water partition coefficient (Wildman–Crippen LogP) is 17.2. The van der Waals surface area contributed by atoms with Gasteiger partial charge in [0.1, 0.15) is 0 Å². The molecule has 0 aromatic heterocycles. The van der Waals surface area contributed by atoms with Gasteiger partial charge >= 0.3 is 5.97 Å². The maximum atomic E-state index is 12.5. The highest BCUT2D eigenvalue weighted by Gasteiger charge is 2.18. The lowest BCUT2D eigenvalue weighted by molar-refractivity contribution is -0.143. The van der Waals surface area contributed by atoms with Crippen molar-refractivity contribution in [2.45, 2.75) is 309 Å². The topological polar surface area (TPSA) is 95.9 Å². The standard InChI is InChI=1S/C58H109NO5/c1-3-5-7-9-11-13-15-17-19-20-21-22-23-24-25-26-27-28-29-31-34-38-42-46-50-56(61)55(54-60)59-57(62)51-47-43-39-35-33-37-41-45-49-53-64-58(63)52-48-44-40-36-32-30-18-16-14-12-10-8-6-4-2/h10,12,16,18,46,50,55-56,60-61H,3-9,11,13-15,17,19-45,47-49,51-54H2,1-2H3,(H,59,62)/b12-10-,18-16-,50-46+. The summed E-state index contributed by atoms with van der Waals surface area (Å²) < 4.78 is 5.44. The average Bonchev–Trinajstić information content (AvgIpc) is 3.29. The van der Waals surface area contributed by atoms with E-state index in [9.17, 15) is 19.8 Å². The van der Waals surface area contributed by atoms with Crippen LogP contribution in [-0.4, -0.2) is 47.4 Å². The van der Waals surface area contributed by atoms with Crippen LogP contribution in [0.3, 0.4) is 0 Å². The molecule has 3 N–H and O–H groups in total. The number of rotatable bonds is 52. The van der Waals surface area contributed by atoms with Gasteiger partial charge in [-0.2, -0.15) is 0 Å². The van der Waals surface area contributed by atoms with Crippen molar-refractivity contribution in [2.24, 2.45) is 0 Å². The summed E-state index contributed by atoms with van der Waals surface area (Å²) in [5, 5.41) is 23.2. The van der Waals surface area contributed by atoms with Crippen LogP contribution in [0.15, 0.2) is 36.5 Å². The van der Waals surface area contributed by atoms with Crippen molar-refractivity contribution in [2.75, 3.05) is 13.2 Å². The van der Waals surface area contributed by atoms with Crippen LogP contribution < -0.4 is 5.32 Å². The number of hydrogen-bond acceptors (Lipinski definition) is 5. The second-order valence-electron chi connectivity index (χ2n) is 19.3. The van der Waals surface area contributed by atoms with Gasteiger partial charge in [-0.1, -0.05) is 262 Å². The number of ether oxygens (including phenoxy) is 1. The summed E-state index contributed by atoms with van der Waals surface area (Å²) in [6.45, 7) is 4.80. The third-order valence-electron chi connectivity index (χ3n) is 12.9. The SMILES string of the molecule is CCCC/C=C\C/C=C\CCCCCCCC(=O)OCCCCCCCCCCCC(=O)NC(CO)C(O)/C=C/CCCCCCCCCCCCCCCCCCCCCCCC. The highest BCUT2D eigenvalue weighted by Crippen LogP contribution is 2.17. The van der Waals surface area contributed by atoms with Crippen molar-refractivity contribution in [3.63, 3.8) is 0 Å². The molecule has 0 radical (unpaired) electrons. The number of nitrogens with one attached hydrogen (secondary N) is 1. The summed E-state index contributed by atoms with van der Waals surface area (Å²) >= 11 is 0. The van der Waals surface area contributed by atoms with Crippen molar-refractivity contribution in [1.29, 1.82) is 0 Å². The number of esters is 1. The van der Waals surface area contributed by atoms with Crippen LogP contribution in [0.5, 0.6) is 0 Å². The molecule has 0 fully saturated rings. The van der Waals surface area contributed by atoms with Gasteiger partial charge in [-0.15, -0.1) is 0 Å². The molecule has 6 nitrogen and oxygen atoms in total. The normalized spacial score (nSPS) is 12.9. The Bertz CT molecular complexity index is 1040. The molecule has 6 heteroatoms. The zero-order valence-corrected chi connectivity index (χ0v) is 42.8. The van der Waals surface area contributed by atoms with Crippen LogP contribution in [0.2, 0.25) is 0 Å². The monoisotopic (exact) mass is 900 g/mol. The van der Waals surface area contributed by atoms with Crippen molar-refractivity contribution in [1.82, 2.24) is 5.32 Å². The Morgan fingerprint density at radius 3 is 1.23 bits per heavy atom. The molecule has 0 aromatic carbocycles. The summed E-state index contributed by atoms with van der Waals surface area (Å²) in [6.07, 6.45) is 65.9. The Kier molecular flexibility index (Phi) is 52.1. The highest BCUT2D eigenvalue weighted by atomic mass is 16.5. The number of carbonyl (C=O) groups excluding carboxylic acids is 2. The molecule has 0 bridgehead atoms. The van der Waals surface area contributed by atoms with E-state index in [1.54, 1.807) is 6.08 Å². The van der Waals surface area contributed by atoms with Crippen LogP contribution in [0, 0.1) is 0 Å². The van der Waals surface area contributed by atoms with Crippen LogP contribution in [0.4, 0.5) is 0 Å². The van der Waals surface area contributed by atoms with Gasteiger partial charge in [-0.3, -0.25) is 9.59 Å². The fourth-order valence-electron chi connectivity index (χ4n) is 8.53. The molecule has 376 valence electrons. The maximum Gasteiger partial charge on any atom is 0.305 e. The molecule has 0 aliphatic rings. The molecule has 2 atom stereocenters. The number of hydrogen-bond donors (Lipinski definition) is 3. The minimum Gasteiger partial charge on any atom is -0.466 e. The quantitative estimate of drug-likeness (QED) is 0.0321. The molecule has 0 aromatic rings. The summed E-state index contributed by atoms with van der Waals surface area (Å²) in [7, 11) is 0. The number of aliphatic hydroxyl groups excluding tert-OH is 2. The Hall–Kier alpha value is -1.92. The van der Waals surface area contributed by atoms with E-state index in [0.717, 1.165) is 70.6 Å². The number of allylic oxidation sites excluding steroid dienone is 5. The van der Waals surface area contributed by atoms with E-state index in [1.165, 1.54) is 199 Å². The van der Waals surface area contributed by atoms with Crippen molar-refractivity contribution < 1.29 is 24.5 Å². The Labute approximate surface area is 398 Å². The molecule has 64 heavy (non-hydrogen) atoms. The van der Waals surface area contributed by atoms with E-state index in [2.05, 4.69) is 43.5 Å². The Balaban J connectivity index is 3.52. The lowest BCUT2D eigenvalue weighted by Crippen LogP contribution is -2.45. The molecular formula is C58H109NO5. The number of aliphatic hydroxyl groups is 2. The number of unbranched alkanes of at least 4 members (excludes halogenated alkanes) is 37. The van der Waals surface area contributed by atoms with E-state index in [0.29, 0.717) is 19.4 Å². The van der Waals surface area contributed by atoms with Gasteiger partial charge in [0.05, 0.1) is 25.4 Å². The smallest absolute Gasteiger partial charge is 0.305 e. The first-order valence-electron chi connectivity index (χ1n) is 28.3. The van der Waals surface area contributed by atoms with E-state index in [1.807, 2.05) is 6.08 Å². The zero-order valence-electron chi connectivity index (χ0n) is 42.8. The number of carbonyl (C=O) groups is 2. The van der Waals surface area contributed by atoms with Gasteiger partial charge in [0.2, 0.25) is 5.91 Å². The molecular weight excluding hydrogens is 791 g/mol. The third kappa shape index (κ3) is 49.5. The minimum atomic E-state index is -0.864. The van der Waals surface area contributed by atoms with Gasteiger partial charge in [0.15, 0.2) is 0 Å². The molecule has 0 saturated heterocycles. The molecule has 2 unspecified atom stereocenters. The van der Waals surface area contributed by atoms with Gasteiger partial charge in [0.25, 0.3) is 0 Å². The molecule has 1 amide bonds. The van der Waals surface area contributed by atoms with E-state index in [-0.39, 0.29) is 18.5 Å². The first-order valence-corrected chi connectivity index (χ1v) is 28.3. The van der Waals surface area contributed by atoms with Crippen molar-refractivity contribution in [3.05, 3.63) is 36.5 Å². The fourth-order valence-corrected chi connectivity index (χ4v) is 8.53. The number of amides is 1. The first-order chi connectivity index (χ1) is 31.5. The first kappa shape index (κ1) is 62.1. The van der Waals surface area contributed by atoms with Crippen molar-refractivity contribution >= 4 is 11.9 Å². The van der Waals surface area contributed by atoms with Gasteiger partial charge in [-0.25, -0.2) is 0 Å². The molecule has 0 aliphatic heterocycles. The largest absolute Gasteiger partial charge is 0.466 e. The molecule has 0 rings (SSSR count). The van der Waals surface area contributed by atoms with Crippen LogP contribution in [0.25, 0.3) is 0 Å². The average molecular weight is 901 g/mol. The lowest BCUT2D eigenvalue weighted by Gasteiger charge is -2.20. The van der Waals surface area contributed by atoms with Gasteiger partial charge in [-0.05, 0) is 57.8 Å². The minimum absolute atomic E-state index is 0.0415. The van der Waals surface area contributed by atoms with Crippen LogP contribution in [-0.2, 0) is 14.3 Å². The van der Waals surface area contributed by atoms with Crippen LogP contribution in [0.1, 0.15) is 296 Å². The molecule has 0 aliphatic carbocycles. The summed E-state index contributed by atoms with van der Waals surface area (Å²) in [6, 6.07) is -0.650. The summed E-state index contributed by atoms with van der Waals surface area (Å²) in [5.74, 6) is -0.136. The second-order valence-corrected chi connectivity index (χ2v) is 19.3. The van der Waals surface area contributed by atoms with Crippen LogP contribution >= 0.6 is 0 Å². The second kappa shape index (κ2) is 53.7. The van der Waals surface area contributed by atoms with Gasteiger partial charge < -0.3 is 20.3 Å². The third-order valence-corrected chi connectivity index (χ3v) is 12.9. The predicted molar refractivity (Wildman–Crippen MR) is 278 cm³/mol. The lowest BCUT2D eigenvalue weighted by atomic mass is 10.0. The van der Waals surface area contributed by atoms with E-state index < -0.39 is 12.1 Å². The maximum absolute atomic E-state index is 12.5. The Morgan fingerprint density at radius 2 is 0.797 bits per heavy atom. The van der Waals surface area contributed by atoms with E-state index in [4.69, 9.17) is 4.74 Å². The molecule has 0 spiro atoms. The summed E-state index contributed by atoms with van der Waals surface area (Å²) in [5.41, 5.74) is 0. The molecule has 0 saturated carbocycles. The van der Waals surface area contributed by atoms with E-state index >= 15 is 0 Å². The highest BCUT2D eigenvalue weighted by molar-refractivity contribution is 5.76. The van der Waals surface area contributed by atoms with Crippen molar-refractivity contribution in [3.8, 4) is 0 Å². The van der Waals surface area contributed by atoms with Gasteiger partial charge in [0, 0.05) is 12.8 Å². The fraction of sp³-hybridized carbons (Fsp3) is 0.862.